The van der Waals surface area contributed by atoms with Crippen LogP contribution in [0.4, 0.5) is 5.95 Å². The van der Waals surface area contributed by atoms with Gasteiger partial charge in [0.1, 0.15) is 0 Å². The van der Waals surface area contributed by atoms with Gasteiger partial charge in [-0.2, -0.15) is 9.67 Å². The van der Waals surface area contributed by atoms with Crippen molar-refractivity contribution in [2.75, 3.05) is 5.32 Å². The predicted octanol–water partition coefficient (Wildman–Crippen LogP) is 4.35. The van der Waals surface area contributed by atoms with Gasteiger partial charge in [-0.3, -0.25) is 4.79 Å². The zero-order chi connectivity index (χ0) is 16.9. The molecule has 0 aliphatic heterocycles. The summed E-state index contributed by atoms with van der Waals surface area (Å²) in [5, 5.41) is 7.47. The molecule has 0 saturated heterocycles. The van der Waals surface area contributed by atoms with Crippen LogP contribution in [0.5, 0.6) is 0 Å². The Balaban J connectivity index is 1.84. The minimum Gasteiger partial charge on any atom is -0.461 e. The van der Waals surface area contributed by atoms with Gasteiger partial charge in [-0.05, 0) is 36.2 Å². The van der Waals surface area contributed by atoms with Gasteiger partial charge in [-0.25, -0.2) is 0 Å². The van der Waals surface area contributed by atoms with Gasteiger partial charge in [0.2, 0.25) is 17.7 Å². The quantitative estimate of drug-likeness (QED) is 0.679. The van der Waals surface area contributed by atoms with E-state index in [2.05, 4.69) is 31.3 Å². The molecule has 1 aromatic carbocycles. The van der Waals surface area contributed by atoms with Gasteiger partial charge in [0.05, 0.1) is 6.26 Å². The average molecular weight is 389 g/mol. The molecule has 0 aliphatic carbocycles. The van der Waals surface area contributed by atoms with E-state index in [1.807, 2.05) is 31.2 Å². The molecule has 6 nitrogen and oxygen atoms in total. The standard InChI is InChI=1S/C17H17BrN4O2/c1-2-4-15(23)22-17(19-11-12-6-8-13(18)9-7-12)20-16(21-22)14-5-3-10-24-14/h3,5-10H,2,4,11H2,1H3,(H,19,20,21). The van der Waals surface area contributed by atoms with Crippen LogP contribution in [0.1, 0.15) is 30.1 Å². The summed E-state index contributed by atoms with van der Waals surface area (Å²) >= 11 is 3.41. The maximum atomic E-state index is 12.3. The Morgan fingerprint density at radius 2 is 2.08 bits per heavy atom. The highest BCUT2D eigenvalue weighted by atomic mass is 79.9. The first-order chi connectivity index (χ1) is 11.7. The van der Waals surface area contributed by atoms with Crippen molar-refractivity contribution in [1.29, 1.82) is 0 Å². The van der Waals surface area contributed by atoms with Gasteiger partial charge in [0, 0.05) is 17.4 Å². The molecule has 24 heavy (non-hydrogen) atoms. The number of halogens is 1. The summed E-state index contributed by atoms with van der Waals surface area (Å²) in [6.07, 6.45) is 2.72. The fourth-order valence-electron chi connectivity index (χ4n) is 2.21. The summed E-state index contributed by atoms with van der Waals surface area (Å²) in [4.78, 5) is 16.7. The van der Waals surface area contributed by atoms with Crippen molar-refractivity contribution in [3.8, 4) is 11.6 Å². The number of nitrogens with one attached hydrogen (secondary N) is 1. The van der Waals surface area contributed by atoms with Crippen molar-refractivity contribution in [3.63, 3.8) is 0 Å². The summed E-state index contributed by atoms with van der Waals surface area (Å²) in [7, 11) is 0. The van der Waals surface area contributed by atoms with Gasteiger partial charge in [0.25, 0.3) is 0 Å². The molecule has 0 saturated carbocycles. The average Bonchev–Trinajstić information content (AvgIpc) is 3.24. The van der Waals surface area contributed by atoms with Crippen LogP contribution < -0.4 is 5.32 Å². The van der Waals surface area contributed by atoms with Gasteiger partial charge >= 0.3 is 0 Å². The third-order valence-electron chi connectivity index (χ3n) is 3.41. The van der Waals surface area contributed by atoms with Crippen LogP contribution in [-0.2, 0) is 6.54 Å². The van der Waals surface area contributed by atoms with Gasteiger partial charge in [0.15, 0.2) is 5.76 Å². The topological polar surface area (TPSA) is 73.0 Å². The number of furan rings is 1. The molecular weight excluding hydrogens is 372 g/mol. The van der Waals surface area contributed by atoms with Crippen molar-refractivity contribution in [2.45, 2.75) is 26.3 Å². The van der Waals surface area contributed by atoms with E-state index in [1.165, 1.54) is 4.68 Å². The number of aromatic nitrogens is 3. The first-order valence-corrected chi connectivity index (χ1v) is 8.49. The lowest BCUT2D eigenvalue weighted by Crippen LogP contribution is -2.16. The fourth-order valence-corrected chi connectivity index (χ4v) is 2.48. The molecule has 3 rings (SSSR count). The zero-order valence-corrected chi connectivity index (χ0v) is 14.8. The number of hydrogen-bond donors (Lipinski definition) is 1. The molecule has 2 heterocycles. The van der Waals surface area contributed by atoms with Crippen LogP contribution in [0.3, 0.4) is 0 Å². The van der Waals surface area contributed by atoms with Crippen LogP contribution in [-0.4, -0.2) is 20.7 Å². The minimum absolute atomic E-state index is 0.0962. The zero-order valence-electron chi connectivity index (χ0n) is 13.2. The van der Waals surface area contributed by atoms with Crippen LogP contribution >= 0.6 is 15.9 Å². The van der Waals surface area contributed by atoms with Gasteiger partial charge in [-0.1, -0.05) is 35.0 Å². The lowest BCUT2D eigenvalue weighted by Gasteiger charge is -2.07. The monoisotopic (exact) mass is 388 g/mol. The van der Waals surface area contributed by atoms with Crippen LogP contribution in [0.2, 0.25) is 0 Å². The highest BCUT2D eigenvalue weighted by Crippen LogP contribution is 2.19. The number of rotatable bonds is 6. The van der Waals surface area contributed by atoms with E-state index in [0.717, 1.165) is 16.5 Å². The van der Waals surface area contributed by atoms with Crippen molar-refractivity contribution in [2.24, 2.45) is 0 Å². The molecule has 0 atom stereocenters. The van der Waals surface area contributed by atoms with E-state index >= 15 is 0 Å². The Bertz CT molecular complexity index is 810. The molecule has 0 radical (unpaired) electrons. The molecule has 124 valence electrons. The Morgan fingerprint density at radius 3 is 2.75 bits per heavy atom. The molecule has 0 bridgehead atoms. The lowest BCUT2D eigenvalue weighted by molar-refractivity contribution is 0.0888. The fraction of sp³-hybridized carbons (Fsp3) is 0.235. The minimum atomic E-state index is -0.0962. The van der Waals surface area contributed by atoms with Gasteiger partial charge < -0.3 is 9.73 Å². The number of anilines is 1. The number of hydrogen-bond acceptors (Lipinski definition) is 5. The number of nitrogens with zero attached hydrogens (tertiary/aromatic N) is 3. The maximum absolute atomic E-state index is 12.3. The molecule has 2 aromatic heterocycles. The Labute approximate surface area is 148 Å². The molecular formula is C17H17BrN4O2. The molecule has 0 unspecified atom stereocenters. The Kier molecular flexibility index (Phi) is 5.10. The molecule has 0 amide bonds. The summed E-state index contributed by atoms with van der Waals surface area (Å²) in [5.41, 5.74) is 1.08. The van der Waals surface area contributed by atoms with Crippen LogP contribution in [0.15, 0.2) is 51.6 Å². The van der Waals surface area contributed by atoms with E-state index in [1.54, 1.807) is 18.4 Å². The lowest BCUT2D eigenvalue weighted by atomic mass is 10.2. The van der Waals surface area contributed by atoms with Crippen LogP contribution in [0.25, 0.3) is 11.6 Å². The first kappa shape index (κ1) is 16.4. The number of carbonyl (C=O) groups is 1. The second-order valence-corrected chi connectivity index (χ2v) is 6.19. The first-order valence-electron chi connectivity index (χ1n) is 7.70. The van der Waals surface area contributed by atoms with E-state index < -0.39 is 0 Å². The molecule has 0 aliphatic rings. The summed E-state index contributed by atoms with van der Waals surface area (Å²) in [5.74, 6) is 1.25. The summed E-state index contributed by atoms with van der Waals surface area (Å²) < 4.78 is 7.66. The molecule has 3 aromatic rings. The van der Waals surface area contributed by atoms with E-state index in [0.29, 0.717) is 30.5 Å². The SMILES string of the molecule is CCCC(=O)n1nc(-c2ccco2)nc1NCc1ccc(Br)cc1. The van der Waals surface area contributed by atoms with Crippen molar-refractivity contribution in [1.82, 2.24) is 14.8 Å². The molecule has 1 N–H and O–H groups in total. The van der Waals surface area contributed by atoms with Crippen LogP contribution in [0, 0.1) is 0 Å². The van der Waals surface area contributed by atoms with Crippen molar-refractivity contribution in [3.05, 3.63) is 52.7 Å². The summed E-state index contributed by atoms with van der Waals surface area (Å²) in [6, 6.07) is 11.5. The van der Waals surface area contributed by atoms with E-state index in [9.17, 15) is 4.79 Å². The Morgan fingerprint density at radius 1 is 1.29 bits per heavy atom. The largest absolute Gasteiger partial charge is 0.461 e. The molecule has 0 fully saturated rings. The van der Waals surface area contributed by atoms with Crippen molar-refractivity contribution >= 4 is 27.8 Å². The maximum Gasteiger partial charge on any atom is 0.250 e. The normalized spacial score (nSPS) is 10.8. The number of benzene rings is 1. The third kappa shape index (κ3) is 3.73. The third-order valence-corrected chi connectivity index (χ3v) is 3.94. The van der Waals surface area contributed by atoms with Gasteiger partial charge in [-0.15, -0.1) is 5.10 Å². The summed E-state index contributed by atoms with van der Waals surface area (Å²) in [6.45, 7) is 2.50. The molecule has 0 spiro atoms. The second-order valence-electron chi connectivity index (χ2n) is 5.27. The van der Waals surface area contributed by atoms with E-state index in [4.69, 9.17) is 4.42 Å². The number of carbonyl (C=O) groups excluding carboxylic acids is 1. The highest BCUT2D eigenvalue weighted by molar-refractivity contribution is 9.10. The predicted molar refractivity (Wildman–Crippen MR) is 94.7 cm³/mol. The highest BCUT2D eigenvalue weighted by Gasteiger charge is 2.17. The second kappa shape index (κ2) is 7.44. The smallest absolute Gasteiger partial charge is 0.250 e. The molecule has 7 heteroatoms. The Hall–Kier alpha value is -2.41. The van der Waals surface area contributed by atoms with E-state index in [-0.39, 0.29) is 5.91 Å². The van der Waals surface area contributed by atoms with Crippen molar-refractivity contribution < 1.29 is 9.21 Å².